The Bertz CT molecular complexity index is 712. The van der Waals surface area contributed by atoms with E-state index >= 15 is 0 Å². The molecule has 1 fully saturated rings. The highest BCUT2D eigenvalue weighted by Crippen LogP contribution is 2.33. The highest BCUT2D eigenvalue weighted by molar-refractivity contribution is 7.89. The van der Waals surface area contributed by atoms with Gasteiger partial charge < -0.3 is 0 Å². The molecule has 2 aromatic rings. The Labute approximate surface area is 134 Å². The third-order valence-corrected chi connectivity index (χ3v) is 7.29. The quantitative estimate of drug-likeness (QED) is 0.796. The van der Waals surface area contributed by atoms with Gasteiger partial charge in [0.05, 0.1) is 10.8 Å². The molecule has 0 amide bonds. The van der Waals surface area contributed by atoms with Crippen LogP contribution in [0.15, 0.2) is 46.7 Å². The molecule has 21 heavy (non-hydrogen) atoms. The summed E-state index contributed by atoms with van der Waals surface area (Å²) in [5, 5.41) is 1.79. The van der Waals surface area contributed by atoms with Crippen LogP contribution in [0, 0.1) is 0 Å². The van der Waals surface area contributed by atoms with E-state index in [4.69, 9.17) is 11.6 Å². The number of rotatable bonds is 4. The summed E-state index contributed by atoms with van der Waals surface area (Å²) in [4.78, 5) is 1.09. The summed E-state index contributed by atoms with van der Waals surface area (Å²) < 4.78 is 27.0. The van der Waals surface area contributed by atoms with E-state index in [1.807, 2.05) is 18.2 Å². The van der Waals surface area contributed by atoms with Crippen molar-refractivity contribution in [1.29, 1.82) is 0 Å². The molecule has 3 rings (SSSR count). The van der Waals surface area contributed by atoms with Crippen LogP contribution in [0.1, 0.15) is 22.8 Å². The molecule has 112 valence electrons. The van der Waals surface area contributed by atoms with Crippen LogP contribution in [0.3, 0.4) is 0 Å². The van der Waals surface area contributed by atoms with Crippen molar-refractivity contribution in [2.24, 2.45) is 0 Å². The van der Waals surface area contributed by atoms with E-state index < -0.39 is 10.0 Å². The van der Waals surface area contributed by atoms with Crippen molar-refractivity contribution in [3.8, 4) is 0 Å². The zero-order valence-corrected chi connectivity index (χ0v) is 13.8. The van der Waals surface area contributed by atoms with Crippen LogP contribution in [0.2, 0.25) is 0 Å². The van der Waals surface area contributed by atoms with Crippen molar-refractivity contribution >= 4 is 33.0 Å². The van der Waals surface area contributed by atoms with Gasteiger partial charge in [-0.15, -0.1) is 22.9 Å². The van der Waals surface area contributed by atoms with Crippen LogP contribution < -0.4 is 0 Å². The van der Waals surface area contributed by atoms with E-state index in [0.29, 0.717) is 18.0 Å². The maximum Gasteiger partial charge on any atom is 0.244 e. The SMILES string of the molecule is O=S(=O)(c1ccsc1CCl)N1CCC(c2ccccc2)C1. The minimum Gasteiger partial charge on any atom is -0.207 e. The van der Waals surface area contributed by atoms with E-state index in [0.717, 1.165) is 11.3 Å². The molecule has 1 saturated heterocycles. The predicted octanol–water partition coefficient (Wildman–Crippen LogP) is 3.67. The van der Waals surface area contributed by atoms with Crippen LogP contribution in [-0.2, 0) is 15.9 Å². The first-order valence-electron chi connectivity index (χ1n) is 6.80. The van der Waals surface area contributed by atoms with Crippen LogP contribution in [0.5, 0.6) is 0 Å². The fraction of sp³-hybridized carbons (Fsp3) is 0.333. The minimum atomic E-state index is -3.42. The second-order valence-electron chi connectivity index (χ2n) is 5.10. The normalized spacial score (nSPS) is 20.0. The fourth-order valence-corrected chi connectivity index (χ4v) is 5.91. The third-order valence-electron chi connectivity index (χ3n) is 3.87. The van der Waals surface area contributed by atoms with Gasteiger partial charge >= 0.3 is 0 Å². The zero-order valence-electron chi connectivity index (χ0n) is 11.4. The Hall–Kier alpha value is -0.880. The second kappa shape index (κ2) is 6.08. The standard InChI is InChI=1S/C15H16ClNO2S2/c16-10-14-15(7-9-20-14)21(18,19)17-8-6-13(11-17)12-4-2-1-3-5-12/h1-5,7,9,13H,6,8,10-11H2. The van der Waals surface area contributed by atoms with Gasteiger partial charge in [0.1, 0.15) is 0 Å². The first-order valence-corrected chi connectivity index (χ1v) is 9.66. The van der Waals surface area contributed by atoms with Crippen molar-refractivity contribution in [2.75, 3.05) is 13.1 Å². The average Bonchev–Trinajstić information content (AvgIpc) is 3.17. The van der Waals surface area contributed by atoms with Crippen LogP contribution in [-0.4, -0.2) is 25.8 Å². The summed E-state index contributed by atoms with van der Waals surface area (Å²) in [7, 11) is -3.42. The first-order chi connectivity index (χ1) is 10.1. The largest absolute Gasteiger partial charge is 0.244 e. The molecule has 3 nitrogen and oxygen atoms in total. The van der Waals surface area contributed by atoms with Gasteiger partial charge in [-0.1, -0.05) is 30.3 Å². The molecule has 2 heterocycles. The van der Waals surface area contributed by atoms with Gasteiger partial charge in [-0.2, -0.15) is 4.31 Å². The number of hydrogen-bond acceptors (Lipinski definition) is 3. The second-order valence-corrected chi connectivity index (χ2v) is 8.28. The van der Waals surface area contributed by atoms with Gasteiger partial charge in [0, 0.05) is 18.0 Å². The highest BCUT2D eigenvalue weighted by atomic mass is 35.5. The summed E-state index contributed by atoms with van der Waals surface area (Å²) in [6.07, 6.45) is 0.865. The van der Waals surface area contributed by atoms with Crippen molar-refractivity contribution < 1.29 is 8.42 Å². The molecule has 0 spiro atoms. The molecule has 0 aliphatic carbocycles. The summed E-state index contributed by atoms with van der Waals surface area (Å²) in [5.41, 5.74) is 1.21. The average molecular weight is 342 g/mol. The number of benzene rings is 1. The number of halogens is 1. The topological polar surface area (TPSA) is 37.4 Å². The molecule has 1 aliphatic heterocycles. The number of sulfonamides is 1. The lowest BCUT2D eigenvalue weighted by Gasteiger charge is -2.17. The first kappa shape index (κ1) is 15.0. The van der Waals surface area contributed by atoms with Crippen LogP contribution in [0.4, 0.5) is 0 Å². The van der Waals surface area contributed by atoms with Gasteiger partial charge in [-0.25, -0.2) is 8.42 Å². The third kappa shape index (κ3) is 2.88. The molecule has 1 aromatic carbocycles. The molecule has 1 unspecified atom stereocenters. The van der Waals surface area contributed by atoms with Gasteiger partial charge in [0.15, 0.2) is 0 Å². The van der Waals surface area contributed by atoms with Gasteiger partial charge in [-0.3, -0.25) is 0 Å². The smallest absolute Gasteiger partial charge is 0.207 e. The maximum atomic E-state index is 12.7. The van der Waals surface area contributed by atoms with Gasteiger partial charge in [-0.05, 0) is 29.3 Å². The molecule has 0 saturated carbocycles. The molecule has 0 bridgehead atoms. The van der Waals surface area contributed by atoms with Crippen molar-refractivity contribution in [3.63, 3.8) is 0 Å². The molecule has 6 heteroatoms. The number of nitrogens with zero attached hydrogens (tertiary/aromatic N) is 1. The predicted molar refractivity (Wildman–Crippen MR) is 86.4 cm³/mol. The van der Waals surface area contributed by atoms with Crippen molar-refractivity contribution in [1.82, 2.24) is 4.31 Å². The monoisotopic (exact) mass is 341 g/mol. The lowest BCUT2D eigenvalue weighted by molar-refractivity contribution is 0.472. The summed E-state index contributed by atoms with van der Waals surface area (Å²) in [6.45, 7) is 1.11. The lowest BCUT2D eigenvalue weighted by Crippen LogP contribution is -2.28. The Morgan fingerprint density at radius 3 is 2.71 bits per heavy atom. The Morgan fingerprint density at radius 2 is 2.00 bits per heavy atom. The molecule has 0 N–H and O–H groups in total. The summed E-state index contributed by atoms with van der Waals surface area (Å²) in [6, 6.07) is 11.8. The van der Waals surface area contributed by atoms with E-state index in [2.05, 4.69) is 12.1 Å². The maximum absolute atomic E-state index is 12.7. The molecular weight excluding hydrogens is 326 g/mol. The Balaban J connectivity index is 1.83. The van der Waals surface area contributed by atoms with Crippen LogP contribution >= 0.6 is 22.9 Å². The Kier molecular flexibility index (Phi) is 4.36. The number of alkyl halides is 1. The number of hydrogen-bond donors (Lipinski definition) is 0. The molecular formula is C15H16ClNO2S2. The zero-order chi connectivity index (χ0) is 14.9. The lowest BCUT2D eigenvalue weighted by atomic mass is 9.99. The number of thiophene rings is 1. The van der Waals surface area contributed by atoms with Gasteiger partial charge in [0.2, 0.25) is 10.0 Å². The summed E-state index contributed by atoms with van der Waals surface area (Å²) >= 11 is 7.23. The molecule has 1 aromatic heterocycles. The summed E-state index contributed by atoms with van der Waals surface area (Å²) in [5.74, 6) is 0.515. The van der Waals surface area contributed by atoms with E-state index in [9.17, 15) is 8.42 Å². The Morgan fingerprint density at radius 1 is 1.24 bits per heavy atom. The van der Waals surface area contributed by atoms with E-state index in [1.165, 1.54) is 16.9 Å². The molecule has 0 radical (unpaired) electrons. The minimum absolute atomic E-state index is 0.238. The fourth-order valence-electron chi connectivity index (χ4n) is 2.74. The van der Waals surface area contributed by atoms with E-state index in [1.54, 1.807) is 15.8 Å². The van der Waals surface area contributed by atoms with E-state index in [-0.39, 0.29) is 11.8 Å². The molecule has 1 aliphatic rings. The van der Waals surface area contributed by atoms with Crippen molar-refractivity contribution in [2.45, 2.75) is 23.1 Å². The van der Waals surface area contributed by atoms with Crippen molar-refractivity contribution in [3.05, 3.63) is 52.2 Å². The highest BCUT2D eigenvalue weighted by Gasteiger charge is 2.34. The van der Waals surface area contributed by atoms with Crippen LogP contribution in [0.25, 0.3) is 0 Å². The molecule has 1 atom stereocenters. The van der Waals surface area contributed by atoms with Gasteiger partial charge in [0.25, 0.3) is 0 Å².